The van der Waals surface area contributed by atoms with Gasteiger partial charge in [-0.15, -0.1) is 0 Å². The summed E-state index contributed by atoms with van der Waals surface area (Å²) in [5.74, 6) is -2.28. The van der Waals surface area contributed by atoms with Crippen molar-refractivity contribution < 1.29 is 38.4 Å². The molecule has 0 unspecified atom stereocenters. The first kappa shape index (κ1) is 58.0. The fraction of sp³-hybridized carbons (Fsp3) is 0.581. The highest BCUT2D eigenvalue weighted by Gasteiger charge is 2.49. The van der Waals surface area contributed by atoms with Gasteiger partial charge in [0, 0.05) is 74.3 Å². The molecule has 6 aliphatic rings. The minimum atomic E-state index is -0.852. The second kappa shape index (κ2) is 26.7. The standard InChI is InChI=1S/C62H84N10O8/c1-39(63-3)55(73)67-53(43-21-13-7-14-22-43)61(79)71-37-49(33-51(71)59(77)69-31-29-47(35-69)41-17-9-5-10-18-41)65-57(75)45-25-27-46(28-26-45)58(76)66-50-34-52(60(78)70-32-30-48(36-70)42-19-11-6-12-20-42)72(38-50)62(80)54(44-23-15-8-16-24-44)68-56(74)40(2)64-4/h5-6,9-12,17-20,25-28,39-40,43-44,47-54,63-64H,7-8,13-16,21-24,29-38H2,1-4H3,(H,65,75)(H,66,76)(H,67,73)(H,68,74)/t39-,40-,47-,48+,49-,50-,51-,52-,53-,54-/m0/s1. The zero-order chi connectivity index (χ0) is 56.5. The smallest absolute Gasteiger partial charge is 0.251 e. The van der Waals surface area contributed by atoms with Crippen molar-refractivity contribution in [2.24, 2.45) is 11.8 Å². The third-order valence-corrected chi connectivity index (χ3v) is 18.4. The molecule has 0 radical (unpaired) electrons. The van der Waals surface area contributed by atoms with Gasteiger partial charge in [-0.2, -0.15) is 0 Å². The SMILES string of the molecule is CN[C@@H](C)C(=O)N[C@H](C(=O)N1C[C@@H](NC(=O)c2ccc(C(=O)N[C@H]3C[C@@H](C(=O)N4CC[C@H](c5ccccc5)C4)N(C(=O)[C@@H](NC(=O)[C@H](C)NC)C4CCCCC4)C3)cc2)C[C@H]1C(=O)N1CC[C@@H](c2ccccc2)C1)C1CCCCC1. The van der Waals surface area contributed by atoms with E-state index in [-0.39, 0.29) is 96.2 Å². The predicted molar refractivity (Wildman–Crippen MR) is 304 cm³/mol. The van der Waals surface area contributed by atoms with Crippen molar-refractivity contribution in [1.82, 2.24) is 51.5 Å². The van der Waals surface area contributed by atoms with Crippen molar-refractivity contribution in [1.29, 1.82) is 0 Å². The molecule has 9 rings (SSSR count). The van der Waals surface area contributed by atoms with E-state index in [0.717, 1.165) is 88.2 Å². The molecule has 3 aromatic carbocycles. The Hall–Kier alpha value is -6.66. The van der Waals surface area contributed by atoms with E-state index >= 15 is 0 Å². The number of nitrogens with one attached hydrogen (secondary N) is 6. The van der Waals surface area contributed by atoms with Crippen LogP contribution < -0.4 is 31.9 Å². The van der Waals surface area contributed by atoms with Crippen LogP contribution in [0.3, 0.4) is 0 Å². The molecule has 80 heavy (non-hydrogen) atoms. The van der Waals surface area contributed by atoms with Gasteiger partial charge in [0.25, 0.3) is 11.8 Å². The van der Waals surface area contributed by atoms with Crippen molar-refractivity contribution in [3.8, 4) is 0 Å². The van der Waals surface area contributed by atoms with Crippen LogP contribution in [0.25, 0.3) is 0 Å². The molecule has 4 heterocycles. The fourth-order valence-electron chi connectivity index (χ4n) is 13.4. The average Bonchev–Trinajstić information content (AvgIpc) is 4.38. The van der Waals surface area contributed by atoms with Crippen LogP contribution in [0.5, 0.6) is 0 Å². The number of nitrogens with zero attached hydrogens (tertiary/aromatic N) is 4. The molecule has 0 bridgehead atoms. The van der Waals surface area contributed by atoms with Crippen LogP contribution in [0.4, 0.5) is 0 Å². The maximum Gasteiger partial charge on any atom is 0.251 e. The van der Waals surface area contributed by atoms with E-state index in [1.54, 1.807) is 62.0 Å². The molecule has 18 heteroatoms. The summed E-state index contributed by atoms with van der Waals surface area (Å²) < 4.78 is 0. The van der Waals surface area contributed by atoms with Gasteiger partial charge in [0.15, 0.2) is 0 Å². The normalized spacial score (nSPS) is 25.1. The molecule has 2 saturated carbocycles. The summed E-state index contributed by atoms with van der Waals surface area (Å²) in [6, 6.07) is 20.9. The molecule has 0 aromatic heterocycles. The molecule has 18 nitrogen and oxygen atoms in total. The van der Waals surface area contributed by atoms with Gasteiger partial charge in [-0.3, -0.25) is 38.4 Å². The van der Waals surface area contributed by atoms with E-state index in [0.29, 0.717) is 26.2 Å². The highest BCUT2D eigenvalue weighted by atomic mass is 16.2. The van der Waals surface area contributed by atoms with Gasteiger partial charge in [-0.05, 0) is 127 Å². The highest BCUT2D eigenvalue weighted by Crippen LogP contribution is 2.35. The molecule has 3 aromatic rings. The number of likely N-dealkylation sites (tertiary alicyclic amines) is 4. The van der Waals surface area contributed by atoms with Gasteiger partial charge in [0.2, 0.25) is 35.4 Å². The number of rotatable bonds is 18. The number of hydrogen-bond acceptors (Lipinski definition) is 10. The lowest BCUT2D eigenvalue weighted by molar-refractivity contribution is -0.146. The van der Waals surface area contributed by atoms with Crippen LogP contribution in [0.15, 0.2) is 84.9 Å². The zero-order valence-electron chi connectivity index (χ0n) is 47.2. The Balaban J connectivity index is 0.890. The third kappa shape index (κ3) is 13.6. The van der Waals surface area contributed by atoms with E-state index in [9.17, 15) is 38.4 Å². The monoisotopic (exact) mass is 1100 g/mol. The van der Waals surface area contributed by atoms with Crippen molar-refractivity contribution in [2.75, 3.05) is 53.4 Å². The van der Waals surface area contributed by atoms with Crippen LogP contribution in [0, 0.1) is 11.8 Å². The van der Waals surface area contributed by atoms with E-state index in [4.69, 9.17) is 0 Å². The molecule has 8 amide bonds. The molecular formula is C62H84N10O8. The second-order valence-electron chi connectivity index (χ2n) is 23.6. The molecule has 6 N–H and O–H groups in total. The van der Waals surface area contributed by atoms with Crippen LogP contribution in [0.1, 0.15) is 147 Å². The Kier molecular flexibility index (Phi) is 19.4. The van der Waals surface area contributed by atoms with Gasteiger partial charge < -0.3 is 51.5 Å². The third-order valence-electron chi connectivity index (χ3n) is 18.4. The Bertz CT molecular complexity index is 2480. The summed E-state index contributed by atoms with van der Waals surface area (Å²) in [5.41, 5.74) is 2.87. The summed E-state index contributed by atoms with van der Waals surface area (Å²) in [6.45, 7) is 5.76. The number of carbonyl (C=O) groups excluding carboxylic acids is 8. The molecule has 4 saturated heterocycles. The van der Waals surface area contributed by atoms with Gasteiger partial charge in [0.1, 0.15) is 24.2 Å². The fourth-order valence-corrected chi connectivity index (χ4v) is 13.4. The van der Waals surface area contributed by atoms with Crippen LogP contribution in [0.2, 0.25) is 0 Å². The van der Waals surface area contributed by atoms with Crippen molar-refractivity contribution in [3.05, 3.63) is 107 Å². The molecule has 6 fully saturated rings. The minimum Gasteiger partial charge on any atom is -0.347 e. The Morgan fingerprint density at radius 1 is 0.463 bits per heavy atom. The zero-order valence-corrected chi connectivity index (χ0v) is 47.2. The van der Waals surface area contributed by atoms with Gasteiger partial charge in [-0.25, -0.2) is 0 Å². The molecule has 430 valence electrons. The predicted octanol–water partition coefficient (Wildman–Crippen LogP) is 4.46. The van der Waals surface area contributed by atoms with Crippen molar-refractivity contribution in [3.63, 3.8) is 0 Å². The Morgan fingerprint density at radius 3 is 1.18 bits per heavy atom. The molecule has 10 atom stereocenters. The van der Waals surface area contributed by atoms with E-state index in [1.165, 1.54) is 0 Å². The molecule has 2 aliphatic carbocycles. The summed E-state index contributed by atoms with van der Waals surface area (Å²) >= 11 is 0. The van der Waals surface area contributed by atoms with E-state index in [1.807, 2.05) is 46.2 Å². The lowest BCUT2D eigenvalue weighted by atomic mass is 9.83. The highest BCUT2D eigenvalue weighted by molar-refractivity contribution is 5.99. The minimum absolute atomic E-state index is 0.0801. The summed E-state index contributed by atoms with van der Waals surface area (Å²) in [5, 5.41) is 18.3. The van der Waals surface area contributed by atoms with Crippen LogP contribution in [-0.2, 0) is 28.8 Å². The lowest BCUT2D eigenvalue weighted by Gasteiger charge is -2.35. The molecule has 4 aliphatic heterocycles. The number of hydrogen-bond donors (Lipinski definition) is 6. The second-order valence-corrected chi connectivity index (χ2v) is 23.6. The van der Waals surface area contributed by atoms with Crippen molar-refractivity contribution in [2.45, 2.75) is 164 Å². The first-order valence-corrected chi connectivity index (χ1v) is 29.7. The summed E-state index contributed by atoms with van der Waals surface area (Å²) in [4.78, 5) is 121. The number of amides is 8. The van der Waals surface area contributed by atoms with Crippen LogP contribution >= 0.6 is 0 Å². The quantitative estimate of drug-likeness (QED) is 0.105. The Morgan fingerprint density at radius 2 is 0.825 bits per heavy atom. The Labute approximate surface area is 471 Å². The van der Waals surface area contributed by atoms with Gasteiger partial charge in [-0.1, -0.05) is 99.2 Å². The number of likely N-dealkylation sites (N-methyl/N-ethyl adjacent to an activating group) is 2. The van der Waals surface area contributed by atoms with Crippen molar-refractivity contribution >= 4 is 47.3 Å². The topological polar surface area (TPSA) is 222 Å². The van der Waals surface area contributed by atoms with Gasteiger partial charge >= 0.3 is 0 Å². The molecular weight excluding hydrogens is 1010 g/mol. The largest absolute Gasteiger partial charge is 0.347 e. The molecule has 0 spiro atoms. The van der Waals surface area contributed by atoms with Gasteiger partial charge in [0.05, 0.1) is 12.1 Å². The number of benzene rings is 3. The summed E-state index contributed by atoms with van der Waals surface area (Å²) in [6.07, 6.45) is 11.0. The maximum atomic E-state index is 14.9. The maximum absolute atomic E-state index is 14.9. The van der Waals surface area contributed by atoms with E-state index in [2.05, 4.69) is 56.2 Å². The average molecular weight is 1100 g/mol. The number of carbonyl (C=O) groups is 8. The first-order chi connectivity index (χ1) is 38.7. The lowest BCUT2D eigenvalue weighted by Crippen LogP contribution is -2.58. The first-order valence-electron chi connectivity index (χ1n) is 29.7. The summed E-state index contributed by atoms with van der Waals surface area (Å²) in [7, 11) is 3.39. The van der Waals surface area contributed by atoms with Crippen LogP contribution in [-0.4, -0.2) is 169 Å². The van der Waals surface area contributed by atoms with E-state index < -0.39 is 60.1 Å².